The van der Waals surface area contributed by atoms with Gasteiger partial charge in [-0.3, -0.25) is 4.98 Å². The van der Waals surface area contributed by atoms with Crippen LogP contribution >= 0.6 is 0 Å². The van der Waals surface area contributed by atoms with E-state index in [1.807, 2.05) is 0 Å². The summed E-state index contributed by atoms with van der Waals surface area (Å²) in [5.41, 5.74) is -0.885. The average Bonchev–Trinajstić information content (AvgIpc) is 2.15. The number of pyridine rings is 1. The van der Waals surface area contributed by atoms with Gasteiger partial charge in [0.2, 0.25) is 0 Å². The van der Waals surface area contributed by atoms with Gasteiger partial charge in [-0.05, 0) is 12.1 Å². The Kier molecular flexibility index (Phi) is 3.10. The Morgan fingerprint density at radius 3 is 2.64 bits per heavy atom. The second-order valence-corrected chi connectivity index (χ2v) is 3.02. The average molecular weight is 205 g/mol. The van der Waals surface area contributed by atoms with Crippen LogP contribution in [0.2, 0.25) is 0 Å². The van der Waals surface area contributed by atoms with E-state index in [1.54, 1.807) is 0 Å². The summed E-state index contributed by atoms with van der Waals surface area (Å²) in [5.74, 6) is -0.604. The number of hydrogen-bond donors (Lipinski definition) is 1. The first-order chi connectivity index (χ1) is 6.46. The fourth-order valence-electron chi connectivity index (χ4n) is 1.14. The molecule has 0 radical (unpaired) electrons. The molecule has 0 bridgehead atoms. The molecule has 0 aliphatic carbocycles. The lowest BCUT2D eigenvalue weighted by Gasteiger charge is -2.14. The van der Waals surface area contributed by atoms with E-state index < -0.39 is 17.7 Å². The van der Waals surface area contributed by atoms with Crippen LogP contribution in [0.1, 0.15) is 24.1 Å². The molecule has 0 unspecified atom stereocenters. The van der Waals surface area contributed by atoms with E-state index in [9.17, 15) is 13.2 Å². The molecule has 0 aromatic carbocycles. The molecule has 0 aliphatic rings. The highest BCUT2D eigenvalue weighted by molar-refractivity contribution is 5.25. The summed E-state index contributed by atoms with van der Waals surface area (Å²) < 4.78 is 37.3. The molecule has 0 saturated heterocycles. The summed E-state index contributed by atoms with van der Waals surface area (Å²) in [6, 6.07) is 2.20. The van der Waals surface area contributed by atoms with Gasteiger partial charge in [0.1, 0.15) is 0 Å². The van der Waals surface area contributed by atoms with Crippen molar-refractivity contribution in [1.82, 2.24) is 4.98 Å². The highest BCUT2D eigenvalue weighted by Gasteiger charge is 2.34. The van der Waals surface area contributed by atoms with E-state index in [-0.39, 0.29) is 12.3 Å². The predicted octanol–water partition coefficient (Wildman–Crippen LogP) is 2.20. The molecule has 1 N–H and O–H groups in total. The normalized spacial score (nSPS) is 14.1. The van der Waals surface area contributed by atoms with E-state index in [0.717, 1.165) is 6.07 Å². The van der Waals surface area contributed by atoms with Gasteiger partial charge in [-0.25, -0.2) is 0 Å². The molecule has 1 aromatic heterocycles. The summed E-state index contributed by atoms with van der Waals surface area (Å²) in [6.07, 6.45) is -3.12. The molecule has 1 heterocycles. The van der Waals surface area contributed by atoms with Crippen molar-refractivity contribution in [2.24, 2.45) is 0 Å². The molecule has 1 rings (SSSR count). The van der Waals surface area contributed by atoms with E-state index in [1.165, 1.54) is 19.2 Å². The molecule has 1 atom stereocenters. The number of aliphatic hydroxyl groups is 1. The maximum absolute atomic E-state index is 12.4. The van der Waals surface area contributed by atoms with Gasteiger partial charge in [-0.2, -0.15) is 13.2 Å². The zero-order valence-corrected chi connectivity index (χ0v) is 7.54. The Balaban J connectivity index is 3.16. The lowest BCUT2D eigenvalue weighted by Crippen LogP contribution is -2.14. The molecule has 0 amide bonds. The molecule has 5 heteroatoms. The van der Waals surface area contributed by atoms with Crippen LogP contribution in [0, 0.1) is 0 Å². The maximum atomic E-state index is 12.4. The summed E-state index contributed by atoms with van der Waals surface area (Å²) in [7, 11) is 0. The van der Waals surface area contributed by atoms with Gasteiger partial charge >= 0.3 is 6.18 Å². The third-order valence-electron chi connectivity index (χ3n) is 1.88. The van der Waals surface area contributed by atoms with E-state index >= 15 is 0 Å². The smallest absolute Gasteiger partial charge is 0.396 e. The summed E-state index contributed by atoms with van der Waals surface area (Å²) in [4.78, 5) is 3.64. The first-order valence-electron chi connectivity index (χ1n) is 4.09. The van der Waals surface area contributed by atoms with E-state index in [4.69, 9.17) is 5.11 Å². The zero-order chi connectivity index (χ0) is 10.8. The van der Waals surface area contributed by atoms with Gasteiger partial charge in [0.25, 0.3) is 0 Å². The number of hydrogen-bond acceptors (Lipinski definition) is 2. The van der Waals surface area contributed by atoms with Crippen molar-refractivity contribution in [2.45, 2.75) is 19.0 Å². The molecule has 0 aliphatic heterocycles. The molecule has 78 valence electrons. The van der Waals surface area contributed by atoms with Gasteiger partial charge < -0.3 is 5.11 Å². The fraction of sp³-hybridized carbons (Fsp3) is 0.444. The van der Waals surface area contributed by atoms with Crippen molar-refractivity contribution in [3.63, 3.8) is 0 Å². The Bertz CT molecular complexity index is 311. The van der Waals surface area contributed by atoms with Gasteiger partial charge in [0, 0.05) is 12.1 Å². The quantitative estimate of drug-likeness (QED) is 0.802. The van der Waals surface area contributed by atoms with Gasteiger partial charge in [-0.15, -0.1) is 0 Å². The second-order valence-electron chi connectivity index (χ2n) is 3.02. The molecule has 0 fully saturated rings. The number of nitrogens with zero attached hydrogens (tertiary/aromatic N) is 1. The highest BCUT2D eigenvalue weighted by Crippen LogP contribution is 2.33. The molecular weight excluding hydrogens is 195 g/mol. The van der Waals surface area contributed by atoms with E-state index in [0.29, 0.717) is 0 Å². The number of aliphatic hydroxyl groups excluding tert-OH is 1. The molecule has 0 spiro atoms. The molecule has 1 aromatic rings. The fourth-order valence-corrected chi connectivity index (χ4v) is 1.14. The monoisotopic (exact) mass is 205 g/mol. The Labute approximate surface area is 79.4 Å². The Hall–Kier alpha value is -1.10. The summed E-state index contributed by atoms with van der Waals surface area (Å²) in [5, 5.41) is 8.77. The Morgan fingerprint density at radius 1 is 1.50 bits per heavy atom. The van der Waals surface area contributed by atoms with Crippen LogP contribution in [0.3, 0.4) is 0 Å². The van der Waals surface area contributed by atoms with Crippen molar-refractivity contribution in [1.29, 1.82) is 0 Å². The predicted molar refractivity (Wildman–Crippen MR) is 44.7 cm³/mol. The minimum atomic E-state index is -4.41. The zero-order valence-electron chi connectivity index (χ0n) is 7.54. The SMILES string of the molecule is C[C@@H](CO)c1ncccc1C(F)(F)F. The Morgan fingerprint density at radius 2 is 2.14 bits per heavy atom. The van der Waals surface area contributed by atoms with E-state index in [2.05, 4.69) is 4.98 Å². The first kappa shape index (κ1) is 11.0. The number of halogens is 3. The van der Waals surface area contributed by atoms with Crippen molar-refractivity contribution in [2.75, 3.05) is 6.61 Å². The standard InChI is InChI=1S/C9H10F3NO/c1-6(5-14)8-7(9(10,11)12)3-2-4-13-8/h2-4,6,14H,5H2,1H3/t6-/m0/s1. The van der Waals surface area contributed by atoms with Crippen LogP contribution in [0.5, 0.6) is 0 Å². The number of aromatic nitrogens is 1. The third kappa shape index (κ3) is 2.23. The molecule has 0 saturated carbocycles. The van der Waals surface area contributed by atoms with Crippen molar-refractivity contribution in [3.8, 4) is 0 Å². The largest absolute Gasteiger partial charge is 0.418 e. The lowest BCUT2D eigenvalue weighted by atomic mass is 10.0. The third-order valence-corrected chi connectivity index (χ3v) is 1.88. The van der Waals surface area contributed by atoms with Crippen molar-refractivity contribution < 1.29 is 18.3 Å². The van der Waals surface area contributed by atoms with Gasteiger partial charge in [0.15, 0.2) is 0 Å². The van der Waals surface area contributed by atoms with Crippen LogP contribution < -0.4 is 0 Å². The van der Waals surface area contributed by atoms with Crippen LogP contribution in [-0.2, 0) is 6.18 Å². The first-order valence-corrected chi connectivity index (χ1v) is 4.09. The topological polar surface area (TPSA) is 33.1 Å². The number of alkyl halides is 3. The number of rotatable bonds is 2. The molecule has 14 heavy (non-hydrogen) atoms. The molecular formula is C9H10F3NO. The highest BCUT2D eigenvalue weighted by atomic mass is 19.4. The maximum Gasteiger partial charge on any atom is 0.418 e. The van der Waals surface area contributed by atoms with Crippen LogP contribution in [0.15, 0.2) is 18.3 Å². The van der Waals surface area contributed by atoms with Crippen LogP contribution in [0.25, 0.3) is 0 Å². The summed E-state index contributed by atoms with van der Waals surface area (Å²) >= 11 is 0. The minimum absolute atomic E-state index is 0.109. The lowest BCUT2D eigenvalue weighted by molar-refractivity contribution is -0.138. The second kappa shape index (κ2) is 3.96. The van der Waals surface area contributed by atoms with Crippen molar-refractivity contribution in [3.05, 3.63) is 29.6 Å². The van der Waals surface area contributed by atoms with Crippen LogP contribution in [-0.4, -0.2) is 16.7 Å². The summed E-state index contributed by atoms with van der Waals surface area (Å²) in [6.45, 7) is 1.15. The van der Waals surface area contributed by atoms with Gasteiger partial charge in [0.05, 0.1) is 17.9 Å². The van der Waals surface area contributed by atoms with Crippen LogP contribution in [0.4, 0.5) is 13.2 Å². The van der Waals surface area contributed by atoms with Gasteiger partial charge in [-0.1, -0.05) is 6.92 Å². The minimum Gasteiger partial charge on any atom is -0.396 e. The van der Waals surface area contributed by atoms with Crippen molar-refractivity contribution >= 4 is 0 Å². The molecule has 2 nitrogen and oxygen atoms in total.